The molecule has 3 rings (SSSR count). The second-order valence-electron chi connectivity index (χ2n) is 5.12. The van der Waals surface area contributed by atoms with Crippen molar-refractivity contribution < 1.29 is 14.3 Å². The van der Waals surface area contributed by atoms with Gasteiger partial charge in [0.15, 0.2) is 0 Å². The Morgan fingerprint density at radius 3 is 2.60 bits per heavy atom. The number of nitro groups is 2. The van der Waals surface area contributed by atoms with Crippen LogP contribution in [0.15, 0.2) is 22.9 Å². The average molecular weight is 348 g/mol. The van der Waals surface area contributed by atoms with Gasteiger partial charge in [-0.1, -0.05) is 0 Å². The molecule has 0 radical (unpaired) electrons. The number of nitrogens with zero attached hydrogens (tertiary/aromatic N) is 8. The lowest BCUT2D eigenvalue weighted by molar-refractivity contribution is -0.389. The topological polar surface area (TPSA) is 161 Å². The van der Waals surface area contributed by atoms with Crippen LogP contribution in [0.3, 0.4) is 0 Å². The van der Waals surface area contributed by atoms with Crippen LogP contribution in [-0.4, -0.2) is 39.6 Å². The van der Waals surface area contributed by atoms with E-state index in [2.05, 4.69) is 20.4 Å². The smallest absolute Gasteiger partial charge is 0.390 e. The minimum atomic E-state index is -0.577. The minimum absolute atomic E-state index is 0.0954. The molecule has 0 aromatic carbocycles. The number of hydrogen-bond donors (Lipinski definition) is 0. The highest BCUT2D eigenvalue weighted by molar-refractivity contribution is 5.21. The molecule has 0 unspecified atom stereocenters. The van der Waals surface area contributed by atoms with Gasteiger partial charge in [0, 0.05) is 13.0 Å². The molecule has 13 heteroatoms. The van der Waals surface area contributed by atoms with Crippen molar-refractivity contribution in [3.63, 3.8) is 0 Å². The largest absolute Gasteiger partial charge is 0.423 e. The summed E-state index contributed by atoms with van der Waals surface area (Å²) in [7, 11) is 0. The molecular formula is C12H12N8O5. The summed E-state index contributed by atoms with van der Waals surface area (Å²) in [5, 5.41) is 36.8. The Morgan fingerprint density at radius 2 is 1.96 bits per heavy atom. The first kappa shape index (κ1) is 16.2. The summed E-state index contributed by atoms with van der Waals surface area (Å²) in [6, 6.07) is 1.35. The lowest BCUT2D eigenvalue weighted by Crippen LogP contribution is -2.04. The lowest BCUT2D eigenvalue weighted by Gasteiger charge is -1.96. The lowest BCUT2D eigenvalue weighted by atomic mass is 10.4. The van der Waals surface area contributed by atoms with Crippen LogP contribution < -0.4 is 0 Å². The highest BCUT2D eigenvalue weighted by Gasteiger charge is 2.18. The Hall–Kier alpha value is -3.64. The minimum Gasteiger partial charge on any atom is -0.423 e. The van der Waals surface area contributed by atoms with Gasteiger partial charge in [-0.3, -0.25) is 14.8 Å². The molecule has 0 saturated heterocycles. The Bertz CT molecular complexity index is 926. The van der Waals surface area contributed by atoms with Gasteiger partial charge in [0.1, 0.15) is 18.9 Å². The highest BCUT2D eigenvalue weighted by Crippen LogP contribution is 2.13. The van der Waals surface area contributed by atoms with Gasteiger partial charge in [-0.25, -0.2) is 0 Å². The maximum atomic E-state index is 10.7. The number of aryl methyl sites for hydroxylation is 3. The number of hydrogen-bond acceptors (Lipinski definition) is 9. The Balaban J connectivity index is 1.62. The van der Waals surface area contributed by atoms with E-state index in [9.17, 15) is 20.2 Å². The molecule has 0 aliphatic carbocycles. The van der Waals surface area contributed by atoms with Gasteiger partial charge in [0.2, 0.25) is 11.8 Å². The molecule has 3 aromatic rings. The third-order valence-electron chi connectivity index (χ3n) is 3.33. The van der Waals surface area contributed by atoms with Crippen molar-refractivity contribution >= 4 is 11.5 Å². The van der Waals surface area contributed by atoms with Crippen molar-refractivity contribution in [2.75, 3.05) is 0 Å². The highest BCUT2D eigenvalue weighted by atomic mass is 16.6. The van der Waals surface area contributed by atoms with Crippen molar-refractivity contribution in [2.24, 2.45) is 0 Å². The molecule has 0 N–H and O–H groups in total. The first-order valence-electron chi connectivity index (χ1n) is 7.09. The molecule has 0 saturated carbocycles. The zero-order valence-corrected chi connectivity index (χ0v) is 13.0. The Kier molecular flexibility index (Phi) is 4.20. The van der Waals surface area contributed by atoms with Gasteiger partial charge in [0.05, 0.1) is 21.8 Å². The standard InChI is InChI=1S/C12H12N8O5/c1-8-4-10(20(23)24)16-18(8)7-12-15-14-11(25-12)2-3-17-6-9(5-13-17)19(21)22/h4-6H,2-3,7H2,1H3. The zero-order chi connectivity index (χ0) is 18.0. The summed E-state index contributed by atoms with van der Waals surface area (Å²) in [6.07, 6.45) is 2.81. The van der Waals surface area contributed by atoms with Crippen LogP contribution in [0.4, 0.5) is 11.5 Å². The van der Waals surface area contributed by atoms with E-state index in [0.29, 0.717) is 24.6 Å². The quantitative estimate of drug-likeness (QED) is 0.445. The number of rotatable bonds is 7. The predicted molar refractivity (Wildman–Crippen MR) is 79.6 cm³/mol. The van der Waals surface area contributed by atoms with E-state index in [1.54, 1.807) is 6.92 Å². The summed E-state index contributed by atoms with van der Waals surface area (Å²) >= 11 is 0. The van der Waals surface area contributed by atoms with Crippen molar-refractivity contribution in [1.29, 1.82) is 0 Å². The molecule has 0 fully saturated rings. The van der Waals surface area contributed by atoms with E-state index in [4.69, 9.17) is 4.42 Å². The molecule has 25 heavy (non-hydrogen) atoms. The average Bonchev–Trinajstić information content (AvgIpc) is 3.26. The van der Waals surface area contributed by atoms with Crippen LogP contribution >= 0.6 is 0 Å². The predicted octanol–water partition coefficient (Wildman–Crippen LogP) is 0.878. The summed E-state index contributed by atoms with van der Waals surface area (Å²) in [5.74, 6) is 0.326. The summed E-state index contributed by atoms with van der Waals surface area (Å²) in [5.41, 5.74) is 0.497. The molecule has 0 spiro atoms. The van der Waals surface area contributed by atoms with E-state index in [0.717, 1.165) is 6.20 Å². The molecule has 3 heterocycles. The second kappa shape index (κ2) is 6.46. The molecule has 0 atom stereocenters. The molecule has 130 valence electrons. The van der Waals surface area contributed by atoms with Crippen LogP contribution in [0.25, 0.3) is 0 Å². The monoisotopic (exact) mass is 348 g/mol. The first-order valence-corrected chi connectivity index (χ1v) is 7.09. The fourth-order valence-corrected chi connectivity index (χ4v) is 2.10. The van der Waals surface area contributed by atoms with Crippen molar-refractivity contribution in [3.05, 3.63) is 56.2 Å². The summed E-state index contributed by atoms with van der Waals surface area (Å²) in [4.78, 5) is 20.2. The molecule has 0 amide bonds. The van der Waals surface area contributed by atoms with Gasteiger partial charge < -0.3 is 14.5 Å². The van der Waals surface area contributed by atoms with E-state index < -0.39 is 9.85 Å². The summed E-state index contributed by atoms with van der Waals surface area (Å²) in [6.45, 7) is 2.13. The zero-order valence-electron chi connectivity index (χ0n) is 13.0. The first-order chi connectivity index (χ1) is 11.9. The van der Waals surface area contributed by atoms with Gasteiger partial charge in [-0.05, 0) is 11.8 Å². The Morgan fingerprint density at radius 1 is 1.20 bits per heavy atom. The van der Waals surface area contributed by atoms with Crippen molar-refractivity contribution in [2.45, 2.75) is 26.4 Å². The molecular weight excluding hydrogens is 336 g/mol. The maximum Gasteiger partial charge on any atom is 0.390 e. The second-order valence-corrected chi connectivity index (χ2v) is 5.12. The van der Waals surface area contributed by atoms with Gasteiger partial charge >= 0.3 is 11.5 Å². The van der Waals surface area contributed by atoms with Crippen LogP contribution in [0, 0.1) is 27.2 Å². The van der Waals surface area contributed by atoms with Crippen molar-refractivity contribution in [3.8, 4) is 0 Å². The number of aromatic nitrogens is 6. The van der Waals surface area contributed by atoms with E-state index >= 15 is 0 Å². The SMILES string of the molecule is Cc1cc([N+](=O)[O-])nn1Cc1nnc(CCn2cc([N+](=O)[O-])cn2)o1. The Labute approximate surface area is 139 Å². The van der Waals surface area contributed by atoms with Gasteiger partial charge in [0.25, 0.3) is 0 Å². The fraction of sp³-hybridized carbons (Fsp3) is 0.333. The van der Waals surface area contributed by atoms with E-state index in [-0.39, 0.29) is 23.9 Å². The maximum absolute atomic E-state index is 10.7. The third-order valence-corrected chi connectivity index (χ3v) is 3.33. The van der Waals surface area contributed by atoms with Gasteiger partial charge in [-0.2, -0.15) is 9.78 Å². The molecule has 13 nitrogen and oxygen atoms in total. The molecule has 3 aromatic heterocycles. The van der Waals surface area contributed by atoms with E-state index in [1.165, 1.54) is 21.6 Å². The normalized spacial score (nSPS) is 10.9. The van der Waals surface area contributed by atoms with Crippen LogP contribution in [0.1, 0.15) is 17.5 Å². The van der Waals surface area contributed by atoms with Gasteiger partial charge in [-0.15, -0.1) is 10.2 Å². The summed E-state index contributed by atoms with van der Waals surface area (Å²) < 4.78 is 8.26. The molecule has 0 aliphatic rings. The molecule has 0 aliphatic heterocycles. The van der Waals surface area contributed by atoms with Crippen LogP contribution in [0.2, 0.25) is 0 Å². The van der Waals surface area contributed by atoms with Crippen molar-refractivity contribution in [1.82, 2.24) is 29.8 Å². The van der Waals surface area contributed by atoms with Crippen LogP contribution in [-0.2, 0) is 19.5 Å². The van der Waals surface area contributed by atoms with E-state index in [1.807, 2.05) is 0 Å². The third kappa shape index (κ3) is 3.65. The van der Waals surface area contributed by atoms with Crippen LogP contribution in [0.5, 0.6) is 0 Å². The fourth-order valence-electron chi connectivity index (χ4n) is 2.10. The molecule has 0 bridgehead atoms.